The number of hydrogen-bond acceptors (Lipinski definition) is 3. The van der Waals surface area contributed by atoms with Gasteiger partial charge in [-0.2, -0.15) is 0 Å². The second-order valence-corrected chi connectivity index (χ2v) is 5.69. The Morgan fingerprint density at radius 3 is 2.00 bits per heavy atom. The summed E-state index contributed by atoms with van der Waals surface area (Å²) in [7, 11) is 0. The van der Waals surface area contributed by atoms with E-state index in [2.05, 4.69) is 12.2 Å². The van der Waals surface area contributed by atoms with E-state index >= 15 is 0 Å². The number of carboxylic acids is 1. The van der Waals surface area contributed by atoms with Gasteiger partial charge in [-0.3, -0.25) is 9.59 Å². The summed E-state index contributed by atoms with van der Waals surface area (Å²) in [6, 6.07) is -1.03. The number of nitrogens with one attached hydrogen (secondary N) is 1. The van der Waals surface area contributed by atoms with Crippen LogP contribution in [-0.2, 0) is 14.4 Å². The molecule has 0 bridgehead atoms. The molecular formula is C16H30N2O4. The average molecular weight is 314 g/mol. The fraction of sp³-hybridized carbons (Fsp3) is 0.812. The molecule has 0 aromatic heterocycles. The zero-order valence-electron chi connectivity index (χ0n) is 13.6. The van der Waals surface area contributed by atoms with E-state index in [9.17, 15) is 14.4 Å². The van der Waals surface area contributed by atoms with Gasteiger partial charge in [0.05, 0.1) is 0 Å². The maximum absolute atomic E-state index is 11.7. The minimum Gasteiger partial charge on any atom is -0.480 e. The Balaban J connectivity index is 3.72. The molecule has 1 atom stereocenters. The molecule has 6 heteroatoms. The highest BCUT2D eigenvalue weighted by Crippen LogP contribution is 2.09. The summed E-state index contributed by atoms with van der Waals surface area (Å²) in [6.07, 6.45) is 9.41. The Hall–Kier alpha value is -1.59. The summed E-state index contributed by atoms with van der Waals surface area (Å²) in [5.74, 6) is -1.98. The zero-order chi connectivity index (χ0) is 16.8. The van der Waals surface area contributed by atoms with Crippen LogP contribution in [0.5, 0.6) is 0 Å². The molecule has 0 radical (unpaired) electrons. The Morgan fingerprint density at radius 1 is 0.955 bits per heavy atom. The molecule has 4 N–H and O–H groups in total. The number of carboxylic acid groups (broad SMARTS) is 1. The first-order valence-corrected chi connectivity index (χ1v) is 8.27. The van der Waals surface area contributed by atoms with Crippen LogP contribution in [0.3, 0.4) is 0 Å². The predicted octanol–water partition coefficient (Wildman–Crippen LogP) is 2.35. The molecular weight excluding hydrogens is 284 g/mol. The molecule has 22 heavy (non-hydrogen) atoms. The first-order valence-electron chi connectivity index (χ1n) is 8.27. The lowest BCUT2D eigenvalue weighted by molar-refractivity contribution is -0.142. The normalized spacial score (nSPS) is 11.9. The van der Waals surface area contributed by atoms with Crippen molar-refractivity contribution < 1.29 is 19.5 Å². The summed E-state index contributed by atoms with van der Waals surface area (Å²) in [5.41, 5.74) is 4.98. The monoisotopic (exact) mass is 314 g/mol. The highest BCUT2D eigenvalue weighted by atomic mass is 16.4. The van der Waals surface area contributed by atoms with Crippen LogP contribution < -0.4 is 11.1 Å². The maximum atomic E-state index is 11.7. The minimum atomic E-state index is -1.13. The van der Waals surface area contributed by atoms with Crippen molar-refractivity contribution in [3.8, 4) is 0 Å². The zero-order valence-corrected chi connectivity index (χ0v) is 13.6. The quantitative estimate of drug-likeness (QED) is 0.427. The van der Waals surface area contributed by atoms with Gasteiger partial charge >= 0.3 is 5.97 Å². The number of unbranched alkanes of at least 4 members (excludes halogenated alkanes) is 7. The van der Waals surface area contributed by atoms with Crippen molar-refractivity contribution >= 4 is 17.8 Å². The van der Waals surface area contributed by atoms with Crippen molar-refractivity contribution in [2.24, 2.45) is 5.73 Å². The van der Waals surface area contributed by atoms with Crippen LogP contribution in [0, 0.1) is 0 Å². The van der Waals surface area contributed by atoms with E-state index in [-0.39, 0.29) is 18.7 Å². The summed E-state index contributed by atoms with van der Waals surface area (Å²) in [5, 5.41) is 11.4. The summed E-state index contributed by atoms with van der Waals surface area (Å²) in [6.45, 7) is 2.19. The van der Waals surface area contributed by atoms with Gasteiger partial charge in [-0.1, -0.05) is 51.9 Å². The Kier molecular flexibility index (Phi) is 12.2. The van der Waals surface area contributed by atoms with Gasteiger partial charge in [0.15, 0.2) is 0 Å². The van der Waals surface area contributed by atoms with E-state index in [0.29, 0.717) is 6.42 Å². The molecule has 2 amide bonds. The fourth-order valence-electron chi connectivity index (χ4n) is 2.23. The lowest BCUT2D eigenvalue weighted by Gasteiger charge is -2.13. The van der Waals surface area contributed by atoms with Gasteiger partial charge in [-0.25, -0.2) is 4.79 Å². The highest BCUT2D eigenvalue weighted by Gasteiger charge is 2.20. The summed E-state index contributed by atoms with van der Waals surface area (Å²) < 4.78 is 0. The number of aliphatic carboxylic acids is 1. The average Bonchev–Trinajstić information content (AvgIpc) is 2.45. The van der Waals surface area contributed by atoms with E-state index < -0.39 is 17.9 Å². The summed E-state index contributed by atoms with van der Waals surface area (Å²) >= 11 is 0. The van der Waals surface area contributed by atoms with E-state index in [1.807, 2.05) is 0 Å². The molecule has 0 spiro atoms. The third kappa shape index (κ3) is 12.2. The number of carbonyl (C=O) groups is 3. The molecule has 6 nitrogen and oxygen atoms in total. The van der Waals surface area contributed by atoms with Crippen molar-refractivity contribution in [3.63, 3.8) is 0 Å². The SMILES string of the molecule is CCCCCCCCCCC(=O)N[C@@H](CCC(N)=O)C(=O)O. The van der Waals surface area contributed by atoms with Gasteiger partial charge in [0.2, 0.25) is 11.8 Å². The van der Waals surface area contributed by atoms with E-state index in [4.69, 9.17) is 10.8 Å². The van der Waals surface area contributed by atoms with Crippen molar-refractivity contribution in [1.29, 1.82) is 0 Å². The lowest BCUT2D eigenvalue weighted by Crippen LogP contribution is -2.41. The topological polar surface area (TPSA) is 109 Å². The van der Waals surface area contributed by atoms with Crippen molar-refractivity contribution in [2.45, 2.75) is 83.6 Å². The number of rotatable bonds is 14. The number of carbonyl (C=O) groups excluding carboxylic acids is 2. The van der Waals surface area contributed by atoms with Gasteiger partial charge in [-0.15, -0.1) is 0 Å². The van der Waals surface area contributed by atoms with E-state index in [0.717, 1.165) is 19.3 Å². The minimum absolute atomic E-state index is 0.0356. The van der Waals surface area contributed by atoms with Crippen molar-refractivity contribution in [3.05, 3.63) is 0 Å². The largest absolute Gasteiger partial charge is 0.480 e. The standard InChI is InChI=1S/C16H30N2O4/c1-2-3-4-5-6-7-8-9-10-15(20)18-13(16(21)22)11-12-14(17)19/h13H,2-12H2,1H3,(H2,17,19)(H,18,20)(H,21,22)/t13-/m0/s1. The van der Waals surface area contributed by atoms with Crippen LogP contribution in [0.1, 0.15) is 77.6 Å². The lowest BCUT2D eigenvalue weighted by atomic mass is 10.1. The van der Waals surface area contributed by atoms with Crippen molar-refractivity contribution in [1.82, 2.24) is 5.32 Å². The molecule has 128 valence electrons. The second kappa shape index (κ2) is 13.1. The maximum Gasteiger partial charge on any atom is 0.326 e. The third-order valence-corrected chi connectivity index (χ3v) is 3.57. The molecule has 0 saturated carbocycles. The van der Waals surface area contributed by atoms with Crippen LogP contribution >= 0.6 is 0 Å². The Labute approximate surface area is 132 Å². The van der Waals surface area contributed by atoms with Gasteiger partial charge in [0.1, 0.15) is 6.04 Å². The molecule has 0 rings (SSSR count). The second-order valence-electron chi connectivity index (χ2n) is 5.69. The van der Waals surface area contributed by atoms with Crippen LogP contribution in [-0.4, -0.2) is 28.9 Å². The van der Waals surface area contributed by atoms with Gasteiger partial charge < -0.3 is 16.2 Å². The number of amides is 2. The molecule has 0 aliphatic carbocycles. The Morgan fingerprint density at radius 2 is 1.50 bits per heavy atom. The summed E-state index contributed by atoms with van der Waals surface area (Å²) in [4.78, 5) is 33.3. The molecule has 0 heterocycles. The van der Waals surface area contributed by atoms with E-state index in [1.54, 1.807) is 0 Å². The van der Waals surface area contributed by atoms with Crippen LogP contribution in [0.2, 0.25) is 0 Å². The first kappa shape index (κ1) is 20.4. The number of hydrogen-bond donors (Lipinski definition) is 3. The van der Waals surface area contributed by atoms with Crippen LogP contribution in [0.25, 0.3) is 0 Å². The molecule has 0 fully saturated rings. The molecule has 0 aromatic rings. The first-order chi connectivity index (χ1) is 10.5. The third-order valence-electron chi connectivity index (χ3n) is 3.57. The highest BCUT2D eigenvalue weighted by molar-refractivity contribution is 5.84. The van der Waals surface area contributed by atoms with Gasteiger partial charge in [0.25, 0.3) is 0 Å². The molecule has 0 saturated heterocycles. The van der Waals surface area contributed by atoms with Gasteiger partial charge in [0, 0.05) is 12.8 Å². The van der Waals surface area contributed by atoms with Crippen LogP contribution in [0.15, 0.2) is 0 Å². The van der Waals surface area contributed by atoms with Gasteiger partial charge in [-0.05, 0) is 12.8 Å². The molecule has 0 aliphatic heterocycles. The number of primary amides is 1. The molecule has 0 aromatic carbocycles. The molecule has 0 unspecified atom stereocenters. The van der Waals surface area contributed by atoms with Crippen LogP contribution in [0.4, 0.5) is 0 Å². The van der Waals surface area contributed by atoms with Crippen molar-refractivity contribution in [2.75, 3.05) is 0 Å². The fourth-order valence-corrected chi connectivity index (χ4v) is 2.23. The predicted molar refractivity (Wildman–Crippen MR) is 85.2 cm³/mol. The smallest absolute Gasteiger partial charge is 0.326 e. The Bertz CT molecular complexity index is 345. The number of nitrogens with two attached hydrogens (primary N) is 1. The van der Waals surface area contributed by atoms with E-state index in [1.165, 1.54) is 32.1 Å². The molecule has 0 aliphatic rings.